The van der Waals surface area contributed by atoms with Crippen molar-refractivity contribution in [2.24, 2.45) is 0 Å². The maximum absolute atomic E-state index is 13.2. The van der Waals surface area contributed by atoms with Crippen LogP contribution in [0.1, 0.15) is 12.8 Å². The lowest BCUT2D eigenvalue weighted by Crippen LogP contribution is -2.72. The van der Waals surface area contributed by atoms with Gasteiger partial charge in [-0.05, 0) is 6.42 Å². The first-order valence-electron chi connectivity index (χ1n) is 6.39. The van der Waals surface area contributed by atoms with Gasteiger partial charge in [0.05, 0.1) is 0 Å². The van der Waals surface area contributed by atoms with Crippen LogP contribution >= 0.6 is 0 Å². The molecule has 0 amide bonds. The first-order chi connectivity index (χ1) is 11.6. The predicted octanol–water partition coefficient (Wildman–Crippen LogP) is 5.79. The zero-order valence-corrected chi connectivity index (χ0v) is 12.7. The van der Waals surface area contributed by atoms with Gasteiger partial charge in [0.1, 0.15) is 0 Å². The van der Waals surface area contributed by atoms with Crippen LogP contribution in [-0.2, 0) is 4.74 Å². The maximum atomic E-state index is 13.2. The van der Waals surface area contributed by atoms with Crippen molar-refractivity contribution in [3.8, 4) is 0 Å². The number of methoxy groups -OCH3 is 1. The van der Waals surface area contributed by atoms with E-state index in [1.807, 2.05) is 0 Å². The fraction of sp³-hybridized carbons (Fsp3) is 1.00. The summed E-state index contributed by atoms with van der Waals surface area (Å²) in [6.07, 6.45) is -11.1. The predicted molar refractivity (Wildman–Crippen MR) is 56.8 cm³/mol. The van der Waals surface area contributed by atoms with Crippen LogP contribution in [0.4, 0.5) is 65.9 Å². The Bertz CT molecular complexity index is 506. The number of ether oxygens (including phenoxy) is 1. The van der Waals surface area contributed by atoms with E-state index in [9.17, 15) is 65.9 Å². The van der Waals surface area contributed by atoms with Crippen molar-refractivity contribution < 1.29 is 70.6 Å². The van der Waals surface area contributed by atoms with Gasteiger partial charge < -0.3 is 4.74 Å². The van der Waals surface area contributed by atoms with Crippen molar-refractivity contribution in [3.05, 3.63) is 0 Å². The molecule has 0 aromatic carbocycles. The highest BCUT2D eigenvalue weighted by Crippen LogP contribution is 2.62. The summed E-state index contributed by atoms with van der Waals surface area (Å²) in [7, 11) is 0.818. The van der Waals surface area contributed by atoms with Gasteiger partial charge in [0.15, 0.2) is 0 Å². The molecule has 0 spiro atoms. The second-order valence-corrected chi connectivity index (χ2v) is 5.17. The van der Waals surface area contributed by atoms with Crippen molar-refractivity contribution >= 4 is 0 Å². The first kappa shape index (κ1) is 25.9. The molecule has 0 bridgehead atoms. The molecule has 1 nitrogen and oxygen atoms in total. The molecule has 0 fully saturated rings. The van der Waals surface area contributed by atoms with Gasteiger partial charge in [0.2, 0.25) is 0 Å². The molecule has 27 heavy (non-hydrogen) atoms. The number of halogens is 15. The van der Waals surface area contributed by atoms with E-state index in [0.29, 0.717) is 0 Å². The molecule has 0 N–H and O–H groups in total. The van der Waals surface area contributed by atoms with Gasteiger partial charge in [-0.3, -0.25) is 0 Å². The van der Waals surface area contributed by atoms with E-state index in [-0.39, 0.29) is 0 Å². The van der Waals surface area contributed by atoms with E-state index in [2.05, 4.69) is 4.74 Å². The molecule has 0 aliphatic heterocycles. The third-order valence-corrected chi connectivity index (χ3v) is 3.23. The van der Waals surface area contributed by atoms with Crippen molar-refractivity contribution in [2.45, 2.75) is 54.6 Å². The standard InChI is InChI=1S/C11H9F15O/c1-27-4-2-3-5(12,13)6(14,15)7(16,17)8(18,19)9(20,21)10(22,23)11(24,25)26/h2-4H2,1H3. The van der Waals surface area contributed by atoms with Crippen LogP contribution in [0, 0.1) is 0 Å². The first-order valence-corrected chi connectivity index (χ1v) is 6.39. The van der Waals surface area contributed by atoms with Crippen LogP contribution < -0.4 is 0 Å². The van der Waals surface area contributed by atoms with Crippen LogP contribution in [0.5, 0.6) is 0 Å². The lowest BCUT2D eigenvalue weighted by Gasteiger charge is -2.41. The van der Waals surface area contributed by atoms with Crippen molar-refractivity contribution in [1.29, 1.82) is 0 Å². The average molecular weight is 442 g/mol. The molecule has 0 unspecified atom stereocenters. The summed E-state index contributed by atoms with van der Waals surface area (Å²) >= 11 is 0. The van der Waals surface area contributed by atoms with E-state index in [4.69, 9.17) is 0 Å². The molecule has 0 atom stereocenters. The van der Waals surface area contributed by atoms with Gasteiger partial charge in [-0.25, -0.2) is 0 Å². The number of rotatable bonds is 9. The van der Waals surface area contributed by atoms with Crippen molar-refractivity contribution in [3.63, 3.8) is 0 Å². The number of alkyl halides is 15. The van der Waals surface area contributed by atoms with E-state index in [1.54, 1.807) is 0 Å². The topological polar surface area (TPSA) is 9.23 Å². The van der Waals surface area contributed by atoms with E-state index in [0.717, 1.165) is 7.11 Å². The van der Waals surface area contributed by atoms with Gasteiger partial charge in [0, 0.05) is 20.1 Å². The molecule has 0 aromatic heterocycles. The maximum Gasteiger partial charge on any atom is 0.460 e. The highest BCUT2D eigenvalue weighted by atomic mass is 19.4. The molecule has 0 aliphatic rings. The molecule has 0 rings (SSSR count). The van der Waals surface area contributed by atoms with Gasteiger partial charge >= 0.3 is 41.7 Å². The lowest BCUT2D eigenvalue weighted by molar-refractivity contribution is -0.452. The Morgan fingerprint density at radius 2 is 0.852 bits per heavy atom. The Hall–Kier alpha value is -1.09. The second-order valence-electron chi connectivity index (χ2n) is 5.17. The summed E-state index contributed by atoms with van der Waals surface area (Å²) in [4.78, 5) is 0. The zero-order chi connectivity index (χ0) is 22.3. The molecule has 0 aromatic rings. The Balaban J connectivity index is 6.23. The fourth-order valence-corrected chi connectivity index (χ4v) is 1.59. The fourth-order valence-electron chi connectivity index (χ4n) is 1.59. The molecular formula is C11H9F15O. The van der Waals surface area contributed by atoms with Gasteiger partial charge in [-0.15, -0.1) is 0 Å². The summed E-state index contributed by atoms with van der Waals surface area (Å²) in [6.45, 7) is -0.810. The Morgan fingerprint density at radius 3 is 1.19 bits per heavy atom. The average Bonchev–Trinajstić information content (AvgIpc) is 2.45. The highest BCUT2D eigenvalue weighted by molar-refractivity contribution is 5.12. The summed E-state index contributed by atoms with van der Waals surface area (Å²) in [5.41, 5.74) is 0. The number of hydrogen-bond donors (Lipinski definition) is 0. The van der Waals surface area contributed by atoms with E-state index in [1.165, 1.54) is 0 Å². The van der Waals surface area contributed by atoms with Gasteiger partial charge in [-0.2, -0.15) is 65.9 Å². The molecule has 0 radical (unpaired) electrons. The Morgan fingerprint density at radius 1 is 0.519 bits per heavy atom. The van der Waals surface area contributed by atoms with Crippen LogP contribution in [-0.4, -0.2) is 55.4 Å². The van der Waals surface area contributed by atoms with E-state index >= 15 is 0 Å². The minimum atomic E-state index is -8.23. The quantitative estimate of drug-likeness (QED) is 0.325. The molecule has 0 aliphatic carbocycles. The van der Waals surface area contributed by atoms with Crippen LogP contribution in [0.25, 0.3) is 0 Å². The smallest absolute Gasteiger partial charge is 0.385 e. The molecular weight excluding hydrogens is 433 g/mol. The lowest BCUT2D eigenvalue weighted by atomic mass is 9.90. The van der Waals surface area contributed by atoms with Gasteiger partial charge in [-0.1, -0.05) is 0 Å². The van der Waals surface area contributed by atoms with Crippen molar-refractivity contribution in [2.75, 3.05) is 13.7 Å². The van der Waals surface area contributed by atoms with Gasteiger partial charge in [0.25, 0.3) is 0 Å². The largest absolute Gasteiger partial charge is 0.460 e. The van der Waals surface area contributed by atoms with Crippen LogP contribution in [0.2, 0.25) is 0 Å². The highest BCUT2D eigenvalue weighted by Gasteiger charge is 2.93. The van der Waals surface area contributed by atoms with E-state index < -0.39 is 61.2 Å². The summed E-state index contributed by atoms with van der Waals surface area (Å²) in [6, 6.07) is 0. The SMILES string of the molecule is COCCCC(F)(F)C(F)(F)C(F)(F)C(F)(F)C(F)(F)C(F)(F)C(F)(F)F. The molecule has 16 heteroatoms. The normalized spacial score (nSPS) is 16.0. The Kier molecular flexibility index (Phi) is 6.78. The third-order valence-electron chi connectivity index (χ3n) is 3.23. The molecule has 164 valence electrons. The Labute approximate surface area is 140 Å². The molecule has 0 saturated carbocycles. The number of hydrogen-bond acceptors (Lipinski definition) is 1. The van der Waals surface area contributed by atoms with Crippen LogP contribution in [0.3, 0.4) is 0 Å². The summed E-state index contributed by atoms with van der Waals surface area (Å²) < 4.78 is 196. The molecule has 0 heterocycles. The monoisotopic (exact) mass is 442 g/mol. The van der Waals surface area contributed by atoms with Crippen molar-refractivity contribution in [1.82, 2.24) is 0 Å². The summed E-state index contributed by atoms with van der Waals surface area (Å²) in [5.74, 6) is -46.0. The van der Waals surface area contributed by atoms with Crippen LogP contribution in [0.15, 0.2) is 0 Å². The second kappa shape index (κ2) is 7.06. The minimum absolute atomic E-state index is 0.810. The molecule has 0 saturated heterocycles. The minimum Gasteiger partial charge on any atom is -0.385 e. The zero-order valence-electron chi connectivity index (χ0n) is 12.7. The summed E-state index contributed by atoms with van der Waals surface area (Å²) in [5, 5.41) is 0. The third kappa shape index (κ3) is 3.77.